The van der Waals surface area contributed by atoms with Crippen LogP contribution in [-0.2, 0) is 13.1 Å². The maximum Gasteiger partial charge on any atom is 0.193 e. The fourth-order valence-electron chi connectivity index (χ4n) is 2.87. The number of fused-ring (bicyclic) bond motifs is 1. The zero-order valence-electron chi connectivity index (χ0n) is 15.3. The summed E-state index contributed by atoms with van der Waals surface area (Å²) in [7, 11) is 3.57. The highest BCUT2D eigenvalue weighted by Crippen LogP contribution is 2.31. The second-order valence-electron chi connectivity index (χ2n) is 6.15. The maximum absolute atomic E-state index is 13.9. The molecule has 2 aromatic carbocycles. The average molecular weight is 368 g/mol. The summed E-state index contributed by atoms with van der Waals surface area (Å²) in [6.07, 6.45) is 0. The number of nitriles is 1. The van der Waals surface area contributed by atoms with E-state index in [1.807, 2.05) is 36.2 Å². The Balaban J connectivity index is 1.65. The number of halogens is 1. The summed E-state index contributed by atoms with van der Waals surface area (Å²) < 4.78 is 25.1. The lowest BCUT2D eigenvalue weighted by Crippen LogP contribution is -2.38. The first-order valence-electron chi connectivity index (χ1n) is 8.59. The van der Waals surface area contributed by atoms with Crippen LogP contribution < -0.4 is 14.8 Å². The van der Waals surface area contributed by atoms with E-state index in [1.165, 1.54) is 18.2 Å². The third-order valence-corrected chi connectivity index (χ3v) is 4.21. The Morgan fingerprint density at radius 1 is 1.22 bits per heavy atom. The zero-order valence-corrected chi connectivity index (χ0v) is 15.3. The van der Waals surface area contributed by atoms with Crippen molar-refractivity contribution in [2.45, 2.75) is 13.1 Å². The molecule has 0 aliphatic carbocycles. The fourth-order valence-corrected chi connectivity index (χ4v) is 2.87. The molecule has 0 fully saturated rings. The van der Waals surface area contributed by atoms with E-state index in [0.29, 0.717) is 36.8 Å². The maximum atomic E-state index is 13.9. The molecule has 27 heavy (non-hydrogen) atoms. The minimum atomic E-state index is -0.355. The Morgan fingerprint density at radius 2 is 2.00 bits per heavy atom. The fraction of sp³-hybridized carbons (Fsp3) is 0.300. The third kappa shape index (κ3) is 4.47. The topological polar surface area (TPSA) is 69.9 Å². The SMILES string of the molecule is CN=C(NCc1cc(C#N)ccc1F)N(C)Cc1ccc2c(c1)OCCO2. The summed E-state index contributed by atoms with van der Waals surface area (Å²) in [6.45, 7) is 1.94. The van der Waals surface area contributed by atoms with Gasteiger partial charge in [0.1, 0.15) is 19.0 Å². The average Bonchev–Trinajstić information content (AvgIpc) is 2.69. The predicted octanol–water partition coefficient (Wildman–Crippen LogP) is 2.68. The van der Waals surface area contributed by atoms with Gasteiger partial charge < -0.3 is 19.7 Å². The van der Waals surface area contributed by atoms with Crippen LogP contribution in [-0.4, -0.2) is 38.2 Å². The molecule has 2 aromatic rings. The van der Waals surface area contributed by atoms with E-state index >= 15 is 0 Å². The molecule has 0 saturated heterocycles. The second kappa shape index (κ2) is 8.41. The Morgan fingerprint density at radius 3 is 2.74 bits per heavy atom. The lowest BCUT2D eigenvalue weighted by Gasteiger charge is -2.24. The van der Waals surface area contributed by atoms with Gasteiger partial charge >= 0.3 is 0 Å². The van der Waals surface area contributed by atoms with Gasteiger partial charge in [-0.1, -0.05) is 6.07 Å². The first kappa shape index (κ1) is 18.5. The molecule has 0 spiro atoms. The number of benzene rings is 2. The van der Waals surface area contributed by atoms with Crippen LogP contribution in [0.25, 0.3) is 0 Å². The molecule has 6 nitrogen and oxygen atoms in total. The molecule has 3 rings (SSSR count). The van der Waals surface area contributed by atoms with Gasteiger partial charge in [-0.2, -0.15) is 5.26 Å². The Kier molecular flexibility index (Phi) is 5.77. The summed E-state index contributed by atoms with van der Waals surface area (Å²) >= 11 is 0. The number of rotatable bonds is 4. The third-order valence-electron chi connectivity index (χ3n) is 4.21. The number of hydrogen-bond donors (Lipinski definition) is 1. The van der Waals surface area contributed by atoms with E-state index in [9.17, 15) is 4.39 Å². The van der Waals surface area contributed by atoms with Crippen molar-refractivity contribution in [1.82, 2.24) is 10.2 Å². The van der Waals surface area contributed by atoms with Crippen LogP contribution in [0.4, 0.5) is 4.39 Å². The number of nitrogens with zero attached hydrogens (tertiary/aromatic N) is 3. The quantitative estimate of drug-likeness (QED) is 0.664. The van der Waals surface area contributed by atoms with E-state index in [-0.39, 0.29) is 12.4 Å². The number of hydrogen-bond acceptors (Lipinski definition) is 4. The van der Waals surface area contributed by atoms with Crippen molar-refractivity contribution in [2.24, 2.45) is 4.99 Å². The Bertz CT molecular complexity index is 892. The van der Waals surface area contributed by atoms with Gasteiger partial charge in [0.25, 0.3) is 0 Å². The molecule has 0 radical (unpaired) electrons. The smallest absolute Gasteiger partial charge is 0.193 e. The van der Waals surface area contributed by atoms with E-state index in [1.54, 1.807) is 7.05 Å². The van der Waals surface area contributed by atoms with Crippen LogP contribution in [0, 0.1) is 17.1 Å². The molecule has 0 amide bonds. The minimum Gasteiger partial charge on any atom is -0.486 e. The molecule has 140 valence electrons. The lowest BCUT2D eigenvalue weighted by atomic mass is 10.1. The van der Waals surface area contributed by atoms with Crippen LogP contribution in [0.15, 0.2) is 41.4 Å². The summed E-state index contributed by atoms with van der Waals surface area (Å²) in [5.41, 5.74) is 1.89. The standard InChI is InChI=1S/C20H21FN4O2/c1-23-20(24-12-16-9-14(11-22)3-5-17(16)21)25(2)13-15-4-6-18-19(10-15)27-8-7-26-18/h3-6,9-10H,7-8,12-13H2,1-2H3,(H,23,24). The van der Waals surface area contributed by atoms with Crippen molar-refractivity contribution in [3.05, 3.63) is 58.9 Å². The summed E-state index contributed by atoms with van der Waals surface area (Å²) in [5.74, 6) is 1.76. The van der Waals surface area contributed by atoms with E-state index in [0.717, 1.165) is 17.1 Å². The van der Waals surface area contributed by atoms with E-state index < -0.39 is 0 Å². The number of aliphatic imine (C=N–C) groups is 1. The summed E-state index contributed by atoms with van der Waals surface area (Å²) in [4.78, 5) is 6.18. The number of ether oxygens (including phenoxy) is 2. The highest BCUT2D eigenvalue weighted by Gasteiger charge is 2.14. The van der Waals surface area contributed by atoms with Gasteiger partial charge in [0, 0.05) is 32.7 Å². The van der Waals surface area contributed by atoms with Crippen LogP contribution in [0.2, 0.25) is 0 Å². The molecule has 1 aliphatic rings. The van der Waals surface area contributed by atoms with Gasteiger partial charge in [0.15, 0.2) is 17.5 Å². The molecule has 1 N–H and O–H groups in total. The van der Waals surface area contributed by atoms with Gasteiger partial charge in [-0.15, -0.1) is 0 Å². The van der Waals surface area contributed by atoms with Crippen LogP contribution in [0.5, 0.6) is 11.5 Å². The number of nitrogens with one attached hydrogen (secondary N) is 1. The highest BCUT2D eigenvalue weighted by molar-refractivity contribution is 5.79. The van der Waals surface area contributed by atoms with Crippen molar-refractivity contribution in [3.8, 4) is 17.6 Å². The van der Waals surface area contributed by atoms with Crippen molar-refractivity contribution in [3.63, 3.8) is 0 Å². The Labute approximate surface area is 157 Å². The van der Waals surface area contributed by atoms with Crippen molar-refractivity contribution < 1.29 is 13.9 Å². The van der Waals surface area contributed by atoms with Crippen molar-refractivity contribution in [1.29, 1.82) is 5.26 Å². The largest absolute Gasteiger partial charge is 0.486 e. The van der Waals surface area contributed by atoms with Crippen molar-refractivity contribution in [2.75, 3.05) is 27.3 Å². The molecule has 0 atom stereocenters. The van der Waals surface area contributed by atoms with Crippen LogP contribution >= 0.6 is 0 Å². The van der Waals surface area contributed by atoms with Gasteiger partial charge in [-0.05, 0) is 35.9 Å². The molecule has 1 heterocycles. The number of guanidine groups is 1. The molecule has 0 bridgehead atoms. The first-order valence-corrected chi connectivity index (χ1v) is 8.59. The van der Waals surface area contributed by atoms with Gasteiger partial charge in [-0.3, -0.25) is 4.99 Å². The normalized spacial score (nSPS) is 13.0. The monoisotopic (exact) mass is 368 g/mol. The minimum absolute atomic E-state index is 0.236. The van der Waals surface area contributed by atoms with Gasteiger partial charge in [0.2, 0.25) is 0 Å². The Hall–Kier alpha value is -3.27. The molecule has 7 heteroatoms. The molecule has 1 aliphatic heterocycles. The summed E-state index contributed by atoms with van der Waals surface area (Å²) in [5, 5.41) is 12.1. The second-order valence-corrected chi connectivity index (χ2v) is 6.15. The molecule has 0 unspecified atom stereocenters. The molecular weight excluding hydrogens is 347 g/mol. The highest BCUT2D eigenvalue weighted by atomic mass is 19.1. The van der Waals surface area contributed by atoms with Crippen molar-refractivity contribution >= 4 is 5.96 Å². The van der Waals surface area contributed by atoms with E-state index in [4.69, 9.17) is 14.7 Å². The summed E-state index contributed by atoms with van der Waals surface area (Å²) in [6, 6.07) is 12.2. The first-order chi connectivity index (χ1) is 13.1. The predicted molar refractivity (Wildman–Crippen MR) is 100 cm³/mol. The molecular formula is C20H21FN4O2. The van der Waals surface area contributed by atoms with E-state index in [2.05, 4.69) is 10.3 Å². The van der Waals surface area contributed by atoms with Crippen LogP contribution in [0.1, 0.15) is 16.7 Å². The van der Waals surface area contributed by atoms with Gasteiger partial charge in [-0.25, -0.2) is 4.39 Å². The lowest BCUT2D eigenvalue weighted by molar-refractivity contribution is 0.171. The van der Waals surface area contributed by atoms with Gasteiger partial charge in [0.05, 0.1) is 11.6 Å². The zero-order chi connectivity index (χ0) is 19.2. The molecule has 0 saturated carbocycles. The molecule has 0 aromatic heterocycles. The van der Waals surface area contributed by atoms with Crippen LogP contribution in [0.3, 0.4) is 0 Å².